The van der Waals surface area contributed by atoms with Gasteiger partial charge in [0.15, 0.2) is 5.82 Å². The van der Waals surface area contributed by atoms with E-state index in [4.69, 9.17) is 16.3 Å². The number of carbonyl (C=O) groups is 1. The first-order chi connectivity index (χ1) is 15.9. The van der Waals surface area contributed by atoms with Crippen LogP contribution in [0.15, 0.2) is 72.8 Å². The average Bonchev–Trinajstić information content (AvgIpc) is 3.11. The van der Waals surface area contributed by atoms with Crippen LogP contribution in [0.1, 0.15) is 38.3 Å². The average molecular weight is 460 g/mol. The highest BCUT2D eigenvalue weighted by molar-refractivity contribution is 6.30. The molecule has 1 heterocycles. The van der Waals surface area contributed by atoms with Gasteiger partial charge in [-0.3, -0.25) is 9.48 Å². The Hall–Kier alpha value is -3.57. The second kappa shape index (κ2) is 9.92. The number of hydrogen-bond donors (Lipinski definition) is 1. The molecule has 0 fully saturated rings. The summed E-state index contributed by atoms with van der Waals surface area (Å²) in [7, 11) is 0. The Labute approximate surface area is 199 Å². The van der Waals surface area contributed by atoms with Gasteiger partial charge >= 0.3 is 0 Å². The molecule has 0 aliphatic carbocycles. The molecule has 33 heavy (non-hydrogen) atoms. The fourth-order valence-corrected chi connectivity index (χ4v) is 3.87. The molecule has 4 rings (SSSR count). The van der Waals surface area contributed by atoms with Crippen molar-refractivity contribution in [3.8, 4) is 5.75 Å². The molecule has 0 aliphatic rings. The maximum atomic E-state index is 12.8. The minimum absolute atomic E-state index is 0.212. The number of aromatic nitrogens is 2. The van der Waals surface area contributed by atoms with Crippen molar-refractivity contribution >= 4 is 23.3 Å². The molecule has 5 nitrogen and oxygen atoms in total. The summed E-state index contributed by atoms with van der Waals surface area (Å²) in [6.07, 6.45) is 0. The molecule has 1 N–H and O–H groups in total. The molecule has 0 aliphatic heterocycles. The maximum absolute atomic E-state index is 12.8. The second-order valence-electron chi connectivity index (χ2n) is 8.17. The molecule has 168 valence electrons. The van der Waals surface area contributed by atoms with Crippen LogP contribution in [-0.4, -0.2) is 15.7 Å². The summed E-state index contributed by atoms with van der Waals surface area (Å²) in [5.74, 6) is 1.14. The number of anilines is 1. The molecule has 0 saturated carbocycles. The smallest absolute Gasteiger partial charge is 0.256 e. The number of halogens is 1. The molecule has 6 heteroatoms. The van der Waals surface area contributed by atoms with Gasteiger partial charge in [-0.2, -0.15) is 5.10 Å². The zero-order chi connectivity index (χ0) is 23.4. The molecule has 0 saturated heterocycles. The van der Waals surface area contributed by atoms with Crippen LogP contribution in [0.2, 0.25) is 5.02 Å². The standard InChI is InChI=1S/C27H26ClN3O2/c1-18-10-11-25(19(2)12-18)33-17-22-7-4-8-23(14-22)27(32)29-26-13-20(3)31(30-26)16-21-6-5-9-24(28)15-21/h4-15H,16-17H2,1-3H3,(H,29,30,32). The third-order valence-corrected chi connectivity index (χ3v) is 5.59. The lowest BCUT2D eigenvalue weighted by Gasteiger charge is -2.11. The normalized spacial score (nSPS) is 10.8. The highest BCUT2D eigenvalue weighted by atomic mass is 35.5. The van der Waals surface area contributed by atoms with Gasteiger partial charge in [-0.15, -0.1) is 0 Å². The predicted molar refractivity (Wildman–Crippen MR) is 132 cm³/mol. The largest absolute Gasteiger partial charge is 0.489 e. The Bertz CT molecular complexity index is 1300. The van der Waals surface area contributed by atoms with E-state index in [0.29, 0.717) is 29.6 Å². The number of nitrogens with zero attached hydrogens (tertiary/aromatic N) is 2. The molecular formula is C27H26ClN3O2. The van der Waals surface area contributed by atoms with Crippen LogP contribution in [-0.2, 0) is 13.2 Å². The zero-order valence-electron chi connectivity index (χ0n) is 18.9. The van der Waals surface area contributed by atoms with Crippen LogP contribution < -0.4 is 10.1 Å². The topological polar surface area (TPSA) is 56.1 Å². The van der Waals surface area contributed by atoms with Gasteiger partial charge in [0.05, 0.1) is 6.54 Å². The lowest BCUT2D eigenvalue weighted by atomic mass is 10.1. The van der Waals surface area contributed by atoms with Crippen molar-refractivity contribution in [3.63, 3.8) is 0 Å². The predicted octanol–water partition coefficient (Wildman–Crippen LogP) is 6.34. The van der Waals surface area contributed by atoms with Gasteiger partial charge in [-0.05, 0) is 67.8 Å². The van der Waals surface area contributed by atoms with E-state index in [1.54, 1.807) is 6.07 Å². The van der Waals surface area contributed by atoms with Crippen molar-refractivity contribution in [3.05, 3.63) is 111 Å². The summed E-state index contributed by atoms with van der Waals surface area (Å²) in [4.78, 5) is 12.8. The number of nitrogens with one attached hydrogen (secondary N) is 1. The van der Waals surface area contributed by atoms with E-state index in [2.05, 4.69) is 23.4 Å². The molecule has 1 aromatic heterocycles. The summed E-state index contributed by atoms with van der Waals surface area (Å²) in [6.45, 7) is 7.00. The number of aryl methyl sites for hydroxylation is 3. The summed E-state index contributed by atoms with van der Waals surface area (Å²) in [5.41, 5.74) is 5.75. The third-order valence-electron chi connectivity index (χ3n) is 5.36. The number of ether oxygens (including phenoxy) is 1. The molecule has 4 aromatic rings. The van der Waals surface area contributed by atoms with Gasteiger partial charge in [0.1, 0.15) is 12.4 Å². The highest BCUT2D eigenvalue weighted by Crippen LogP contribution is 2.21. The van der Waals surface area contributed by atoms with E-state index in [-0.39, 0.29) is 5.91 Å². The first-order valence-electron chi connectivity index (χ1n) is 10.8. The van der Waals surface area contributed by atoms with Gasteiger partial charge in [-0.1, -0.05) is 53.6 Å². The van der Waals surface area contributed by atoms with Gasteiger partial charge < -0.3 is 10.1 Å². The van der Waals surface area contributed by atoms with E-state index in [1.165, 1.54) is 5.56 Å². The molecule has 1 amide bonds. The minimum atomic E-state index is -0.212. The molecule has 3 aromatic carbocycles. The van der Waals surface area contributed by atoms with Gasteiger partial charge in [0.2, 0.25) is 0 Å². The maximum Gasteiger partial charge on any atom is 0.256 e. The Morgan fingerprint density at radius 3 is 2.55 bits per heavy atom. The van der Waals surface area contributed by atoms with Gasteiger partial charge in [0, 0.05) is 22.3 Å². The van der Waals surface area contributed by atoms with Crippen molar-refractivity contribution < 1.29 is 9.53 Å². The van der Waals surface area contributed by atoms with E-state index < -0.39 is 0 Å². The fourth-order valence-electron chi connectivity index (χ4n) is 3.65. The summed E-state index contributed by atoms with van der Waals surface area (Å²) >= 11 is 6.08. The second-order valence-corrected chi connectivity index (χ2v) is 8.61. The Morgan fingerprint density at radius 2 is 1.76 bits per heavy atom. The first-order valence-corrected chi connectivity index (χ1v) is 11.1. The molecule has 0 bridgehead atoms. The van der Waals surface area contributed by atoms with Crippen molar-refractivity contribution in [2.75, 3.05) is 5.32 Å². The Morgan fingerprint density at radius 1 is 0.970 bits per heavy atom. The number of rotatable bonds is 7. The van der Waals surface area contributed by atoms with E-state index in [1.807, 2.05) is 79.2 Å². The molecule has 0 atom stereocenters. The van der Waals surface area contributed by atoms with Crippen LogP contribution in [0, 0.1) is 20.8 Å². The Kier molecular flexibility index (Phi) is 6.80. The van der Waals surface area contributed by atoms with E-state index >= 15 is 0 Å². The summed E-state index contributed by atoms with van der Waals surface area (Å²) in [6, 6.07) is 23.0. The number of amides is 1. The SMILES string of the molecule is Cc1ccc(OCc2cccc(C(=O)Nc3cc(C)n(Cc4cccc(Cl)c4)n3)c2)c(C)c1. The van der Waals surface area contributed by atoms with Crippen LogP contribution in [0.25, 0.3) is 0 Å². The van der Waals surface area contributed by atoms with Crippen molar-refractivity contribution in [2.24, 2.45) is 0 Å². The van der Waals surface area contributed by atoms with Crippen LogP contribution in [0.5, 0.6) is 5.75 Å². The van der Waals surface area contributed by atoms with Crippen LogP contribution in [0.4, 0.5) is 5.82 Å². The van der Waals surface area contributed by atoms with Crippen molar-refractivity contribution in [1.29, 1.82) is 0 Å². The van der Waals surface area contributed by atoms with Crippen molar-refractivity contribution in [1.82, 2.24) is 9.78 Å². The third kappa shape index (κ3) is 5.82. The number of carbonyl (C=O) groups excluding carboxylic acids is 1. The van der Waals surface area contributed by atoms with E-state index in [0.717, 1.165) is 28.1 Å². The molecule has 0 unspecified atom stereocenters. The zero-order valence-corrected chi connectivity index (χ0v) is 19.7. The van der Waals surface area contributed by atoms with Crippen molar-refractivity contribution in [2.45, 2.75) is 33.9 Å². The highest BCUT2D eigenvalue weighted by Gasteiger charge is 2.12. The molecule has 0 spiro atoms. The summed E-state index contributed by atoms with van der Waals surface area (Å²) < 4.78 is 7.80. The minimum Gasteiger partial charge on any atom is -0.489 e. The molecular weight excluding hydrogens is 434 g/mol. The number of hydrogen-bond acceptors (Lipinski definition) is 3. The number of benzene rings is 3. The lowest BCUT2D eigenvalue weighted by molar-refractivity contribution is 0.102. The first kappa shape index (κ1) is 22.6. The van der Waals surface area contributed by atoms with Gasteiger partial charge in [-0.25, -0.2) is 0 Å². The van der Waals surface area contributed by atoms with Crippen LogP contribution >= 0.6 is 11.6 Å². The van der Waals surface area contributed by atoms with E-state index in [9.17, 15) is 4.79 Å². The van der Waals surface area contributed by atoms with Crippen LogP contribution in [0.3, 0.4) is 0 Å². The lowest BCUT2D eigenvalue weighted by Crippen LogP contribution is -2.13. The monoisotopic (exact) mass is 459 g/mol. The summed E-state index contributed by atoms with van der Waals surface area (Å²) in [5, 5.41) is 8.11. The molecule has 0 radical (unpaired) electrons. The fraction of sp³-hybridized carbons (Fsp3) is 0.185. The Balaban J connectivity index is 1.41. The van der Waals surface area contributed by atoms with Gasteiger partial charge in [0.25, 0.3) is 5.91 Å². The quantitative estimate of drug-likeness (QED) is 0.350.